The van der Waals surface area contributed by atoms with Crippen LogP contribution in [0.15, 0.2) is 12.1 Å². The van der Waals surface area contributed by atoms with Crippen molar-refractivity contribution in [2.24, 2.45) is 5.92 Å². The maximum atomic E-state index is 13.0. The van der Waals surface area contributed by atoms with Crippen molar-refractivity contribution in [1.29, 1.82) is 0 Å². The number of ether oxygens (including phenoxy) is 3. The monoisotopic (exact) mass is 436 g/mol. The summed E-state index contributed by atoms with van der Waals surface area (Å²) in [7, 11) is 4.55. The lowest BCUT2D eigenvalue weighted by Crippen LogP contribution is -2.53. The second kappa shape index (κ2) is 12.9. The highest BCUT2D eigenvalue weighted by Crippen LogP contribution is 2.38. The van der Waals surface area contributed by atoms with Crippen LogP contribution < -0.4 is 35.5 Å². The van der Waals surface area contributed by atoms with Crippen molar-refractivity contribution in [2.45, 2.75) is 38.6 Å². The lowest BCUT2D eigenvalue weighted by molar-refractivity contribution is 0.0910. The van der Waals surface area contributed by atoms with Crippen LogP contribution in [0.5, 0.6) is 17.2 Å². The first kappa shape index (κ1) is 24.6. The van der Waals surface area contributed by atoms with E-state index in [1.807, 2.05) is 0 Å². The fraction of sp³-hybridized carbons (Fsp3) is 0.636. The lowest BCUT2D eigenvalue weighted by Gasteiger charge is -2.33. The van der Waals surface area contributed by atoms with E-state index in [-0.39, 0.29) is 23.9 Å². The van der Waals surface area contributed by atoms with E-state index < -0.39 is 0 Å². The fourth-order valence-corrected chi connectivity index (χ4v) is 3.65. The molecule has 9 heteroatoms. The van der Waals surface area contributed by atoms with Crippen molar-refractivity contribution in [3.8, 4) is 17.2 Å². The molecule has 0 aliphatic carbocycles. The molecule has 1 aromatic rings. The van der Waals surface area contributed by atoms with Crippen LogP contribution in [0.25, 0.3) is 0 Å². The number of carbonyl (C=O) groups excluding carboxylic acids is 2. The summed E-state index contributed by atoms with van der Waals surface area (Å²) in [6.45, 7) is 4.80. The van der Waals surface area contributed by atoms with Crippen LogP contribution in [0.2, 0.25) is 0 Å². The summed E-state index contributed by atoms with van der Waals surface area (Å²) >= 11 is 0. The van der Waals surface area contributed by atoms with Crippen molar-refractivity contribution in [1.82, 2.24) is 21.3 Å². The smallest absolute Gasteiger partial charge is 0.314 e. The van der Waals surface area contributed by atoms with Gasteiger partial charge in [-0.2, -0.15) is 0 Å². The van der Waals surface area contributed by atoms with E-state index in [1.165, 1.54) is 21.3 Å². The Labute approximate surface area is 184 Å². The predicted molar refractivity (Wildman–Crippen MR) is 119 cm³/mol. The summed E-state index contributed by atoms with van der Waals surface area (Å²) in [6.07, 6.45) is 3.97. The number of piperidine rings is 1. The standard InChI is InChI=1S/C22H36N4O5/c1-5-6-7-9-24-22(28)25-14-16-13-23-10-8-17(16)26-21(27)15-11-18(29-2)20(31-4)19(12-15)30-3/h11-12,16-17,23H,5-10,13-14H2,1-4H3,(H,26,27)(H2,24,25,28)/t16-,17-/m0/s1. The third-order valence-corrected chi connectivity index (χ3v) is 5.44. The number of methoxy groups -OCH3 is 3. The summed E-state index contributed by atoms with van der Waals surface area (Å²) in [5, 5.41) is 12.2. The molecule has 0 radical (unpaired) electrons. The van der Waals surface area contributed by atoms with Gasteiger partial charge in [-0.3, -0.25) is 4.79 Å². The van der Waals surface area contributed by atoms with Crippen molar-refractivity contribution < 1.29 is 23.8 Å². The van der Waals surface area contributed by atoms with Gasteiger partial charge in [-0.1, -0.05) is 19.8 Å². The minimum Gasteiger partial charge on any atom is -0.493 e. The highest BCUT2D eigenvalue weighted by molar-refractivity contribution is 5.95. The van der Waals surface area contributed by atoms with Gasteiger partial charge in [0, 0.05) is 37.2 Å². The zero-order valence-corrected chi connectivity index (χ0v) is 19.0. The summed E-state index contributed by atoms with van der Waals surface area (Å²) in [4.78, 5) is 25.0. The molecule has 1 aliphatic heterocycles. The zero-order valence-electron chi connectivity index (χ0n) is 19.0. The van der Waals surface area contributed by atoms with Crippen molar-refractivity contribution in [3.63, 3.8) is 0 Å². The van der Waals surface area contributed by atoms with Gasteiger partial charge in [-0.15, -0.1) is 0 Å². The van der Waals surface area contributed by atoms with Crippen LogP contribution in [0.4, 0.5) is 4.79 Å². The Hall–Kier alpha value is -2.68. The molecule has 3 amide bonds. The van der Waals surface area contributed by atoms with E-state index in [9.17, 15) is 9.59 Å². The molecule has 1 aromatic carbocycles. The second-order valence-electron chi connectivity index (χ2n) is 7.59. The first-order valence-corrected chi connectivity index (χ1v) is 10.9. The van der Waals surface area contributed by atoms with Gasteiger partial charge in [0.1, 0.15) is 0 Å². The lowest BCUT2D eigenvalue weighted by atomic mass is 9.93. The van der Waals surface area contributed by atoms with Crippen LogP contribution in [0.3, 0.4) is 0 Å². The molecule has 0 aromatic heterocycles. The van der Waals surface area contributed by atoms with Crippen LogP contribution in [-0.4, -0.2) is 65.5 Å². The first-order valence-electron chi connectivity index (χ1n) is 10.9. The number of rotatable bonds is 11. The average Bonchev–Trinajstić information content (AvgIpc) is 2.80. The van der Waals surface area contributed by atoms with Gasteiger partial charge in [-0.25, -0.2) is 4.79 Å². The van der Waals surface area contributed by atoms with Crippen LogP contribution in [-0.2, 0) is 0 Å². The van der Waals surface area contributed by atoms with Crippen molar-refractivity contribution >= 4 is 11.9 Å². The summed E-state index contributed by atoms with van der Waals surface area (Å²) in [5.41, 5.74) is 0.424. The molecular formula is C22H36N4O5. The molecule has 0 bridgehead atoms. The molecule has 31 heavy (non-hydrogen) atoms. The molecule has 1 aliphatic rings. The molecule has 0 unspecified atom stereocenters. The molecule has 0 saturated carbocycles. The third kappa shape index (κ3) is 7.20. The van der Waals surface area contributed by atoms with Gasteiger partial charge in [0.05, 0.1) is 21.3 Å². The van der Waals surface area contributed by atoms with Crippen LogP contribution in [0.1, 0.15) is 43.0 Å². The normalized spacial score (nSPS) is 18.1. The maximum absolute atomic E-state index is 13.0. The number of urea groups is 1. The highest BCUT2D eigenvalue weighted by Gasteiger charge is 2.28. The van der Waals surface area contributed by atoms with Gasteiger partial charge < -0.3 is 35.5 Å². The summed E-state index contributed by atoms with van der Waals surface area (Å²) in [6, 6.07) is 3.04. The van der Waals surface area contributed by atoms with E-state index in [1.54, 1.807) is 12.1 Å². The Balaban J connectivity index is 1.98. The molecule has 1 fully saturated rings. The Morgan fingerprint density at radius 1 is 1.06 bits per heavy atom. The number of amides is 3. The molecular weight excluding hydrogens is 400 g/mol. The van der Waals surface area contributed by atoms with Gasteiger partial charge in [0.2, 0.25) is 5.75 Å². The average molecular weight is 437 g/mol. The molecule has 4 N–H and O–H groups in total. The maximum Gasteiger partial charge on any atom is 0.314 e. The van der Waals surface area contributed by atoms with Gasteiger partial charge in [-0.05, 0) is 31.5 Å². The van der Waals surface area contributed by atoms with E-state index in [0.29, 0.717) is 35.9 Å². The molecule has 174 valence electrons. The van der Waals surface area contributed by atoms with E-state index in [2.05, 4.69) is 28.2 Å². The fourth-order valence-electron chi connectivity index (χ4n) is 3.65. The Morgan fingerprint density at radius 2 is 1.77 bits per heavy atom. The molecule has 2 atom stereocenters. The molecule has 2 rings (SSSR count). The zero-order chi connectivity index (χ0) is 22.6. The van der Waals surface area contributed by atoms with E-state index in [0.717, 1.165) is 38.8 Å². The Bertz CT molecular complexity index is 703. The summed E-state index contributed by atoms with van der Waals surface area (Å²) < 4.78 is 16.0. The van der Waals surface area contributed by atoms with Gasteiger partial charge in [0.25, 0.3) is 5.91 Å². The Kier molecular flexibility index (Phi) is 10.2. The minimum absolute atomic E-state index is 0.0618. The SMILES string of the molecule is CCCCCNC(=O)NC[C@@H]1CNCC[C@@H]1NC(=O)c1cc(OC)c(OC)c(OC)c1. The quantitative estimate of drug-likeness (QED) is 0.395. The molecule has 0 spiro atoms. The number of nitrogens with one attached hydrogen (secondary N) is 4. The topological polar surface area (TPSA) is 110 Å². The number of hydrogen-bond donors (Lipinski definition) is 4. The third-order valence-electron chi connectivity index (χ3n) is 5.44. The van der Waals surface area contributed by atoms with E-state index in [4.69, 9.17) is 14.2 Å². The molecule has 1 heterocycles. The van der Waals surface area contributed by atoms with Crippen molar-refractivity contribution in [3.05, 3.63) is 17.7 Å². The molecule has 9 nitrogen and oxygen atoms in total. The predicted octanol–water partition coefficient (Wildman–Crippen LogP) is 1.91. The molecule has 1 saturated heterocycles. The first-order chi connectivity index (χ1) is 15.0. The minimum atomic E-state index is -0.222. The Morgan fingerprint density at radius 3 is 2.39 bits per heavy atom. The van der Waals surface area contributed by atoms with Crippen molar-refractivity contribution in [2.75, 3.05) is 47.5 Å². The van der Waals surface area contributed by atoms with Gasteiger partial charge >= 0.3 is 6.03 Å². The number of benzene rings is 1. The summed E-state index contributed by atoms with van der Waals surface area (Å²) in [5.74, 6) is 1.15. The van der Waals surface area contributed by atoms with E-state index >= 15 is 0 Å². The van der Waals surface area contributed by atoms with Gasteiger partial charge in [0.15, 0.2) is 11.5 Å². The number of hydrogen-bond acceptors (Lipinski definition) is 6. The second-order valence-corrected chi connectivity index (χ2v) is 7.59. The largest absolute Gasteiger partial charge is 0.493 e. The number of carbonyl (C=O) groups is 2. The van der Waals surface area contributed by atoms with Crippen LogP contribution in [0, 0.1) is 5.92 Å². The number of unbranched alkanes of at least 4 members (excludes halogenated alkanes) is 2. The highest BCUT2D eigenvalue weighted by atomic mass is 16.5. The van der Waals surface area contributed by atoms with Crippen LogP contribution >= 0.6 is 0 Å².